The summed E-state index contributed by atoms with van der Waals surface area (Å²) in [4.78, 5) is 14.2. The molecule has 3 atom stereocenters. The highest BCUT2D eigenvalue weighted by Crippen LogP contribution is 2.49. The molecule has 0 aromatic heterocycles. The van der Waals surface area contributed by atoms with Gasteiger partial charge in [0.2, 0.25) is 0 Å². The fraction of sp³-hybridized carbons (Fsp3) is 0.632. The van der Waals surface area contributed by atoms with Crippen molar-refractivity contribution in [3.63, 3.8) is 0 Å². The van der Waals surface area contributed by atoms with Crippen molar-refractivity contribution >= 4 is 11.5 Å². The molecule has 3 aliphatic rings. The van der Waals surface area contributed by atoms with Crippen LogP contribution in [0.5, 0.6) is 0 Å². The SMILES string of the molecule is CC(=O)c1ccc2c(c1)CCCN2CC1CC2CCC1C2. The maximum absolute atomic E-state index is 11.6. The van der Waals surface area contributed by atoms with Crippen molar-refractivity contribution in [1.29, 1.82) is 0 Å². The Bertz CT molecular complexity index is 565. The largest absolute Gasteiger partial charge is 0.371 e. The van der Waals surface area contributed by atoms with Crippen LogP contribution in [0.4, 0.5) is 5.69 Å². The van der Waals surface area contributed by atoms with Crippen molar-refractivity contribution in [3.05, 3.63) is 29.3 Å². The second-order valence-electron chi connectivity index (χ2n) is 7.38. The number of Topliss-reactive ketones (excluding diaryl/α,β-unsaturated/α-hetero) is 1. The summed E-state index contributed by atoms with van der Waals surface area (Å²) in [5.41, 5.74) is 3.65. The number of hydrogen-bond acceptors (Lipinski definition) is 2. The number of rotatable bonds is 3. The molecule has 3 unspecified atom stereocenters. The van der Waals surface area contributed by atoms with Gasteiger partial charge in [0.1, 0.15) is 0 Å². The van der Waals surface area contributed by atoms with Gasteiger partial charge in [-0.3, -0.25) is 4.79 Å². The van der Waals surface area contributed by atoms with Gasteiger partial charge in [-0.1, -0.05) is 6.42 Å². The highest BCUT2D eigenvalue weighted by Gasteiger charge is 2.40. The third kappa shape index (κ3) is 2.39. The Morgan fingerprint density at radius 1 is 1.29 bits per heavy atom. The van der Waals surface area contributed by atoms with Gasteiger partial charge in [-0.05, 0) is 80.5 Å². The molecule has 0 N–H and O–H groups in total. The standard InChI is InChI=1S/C19H25NO/c1-13(21)15-6-7-19-17(11-15)3-2-8-20(19)12-18-10-14-4-5-16(18)9-14/h6-7,11,14,16,18H,2-5,8-10,12H2,1H3. The monoisotopic (exact) mass is 283 g/mol. The van der Waals surface area contributed by atoms with Crippen molar-refractivity contribution in [3.8, 4) is 0 Å². The maximum atomic E-state index is 11.6. The van der Waals surface area contributed by atoms with Crippen LogP contribution in [0.15, 0.2) is 18.2 Å². The molecular weight excluding hydrogens is 258 g/mol. The quantitative estimate of drug-likeness (QED) is 0.779. The van der Waals surface area contributed by atoms with Crippen LogP contribution in [-0.2, 0) is 6.42 Å². The van der Waals surface area contributed by atoms with Gasteiger partial charge in [-0.25, -0.2) is 0 Å². The van der Waals surface area contributed by atoms with E-state index in [0.717, 1.165) is 29.7 Å². The minimum Gasteiger partial charge on any atom is -0.371 e. The molecule has 0 amide bonds. The van der Waals surface area contributed by atoms with Crippen LogP contribution in [-0.4, -0.2) is 18.9 Å². The molecule has 1 aromatic rings. The van der Waals surface area contributed by atoms with E-state index < -0.39 is 0 Å². The molecule has 21 heavy (non-hydrogen) atoms. The normalized spacial score (nSPS) is 30.5. The molecule has 112 valence electrons. The minimum absolute atomic E-state index is 0.183. The lowest BCUT2D eigenvalue weighted by molar-refractivity contribution is 0.101. The zero-order valence-electron chi connectivity index (χ0n) is 13.0. The van der Waals surface area contributed by atoms with Gasteiger partial charge in [-0.15, -0.1) is 0 Å². The zero-order valence-corrected chi connectivity index (χ0v) is 13.0. The lowest BCUT2D eigenvalue weighted by Crippen LogP contribution is -2.35. The second-order valence-corrected chi connectivity index (χ2v) is 7.38. The Balaban J connectivity index is 1.54. The van der Waals surface area contributed by atoms with Crippen molar-refractivity contribution in [1.82, 2.24) is 0 Å². The number of nitrogens with zero attached hydrogens (tertiary/aromatic N) is 1. The van der Waals surface area contributed by atoms with Gasteiger partial charge in [0.15, 0.2) is 5.78 Å². The van der Waals surface area contributed by atoms with Gasteiger partial charge < -0.3 is 4.90 Å². The maximum Gasteiger partial charge on any atom is 0.159 e. The van der Waals surface area contributed by atoms with Crippen molar-refractivity contribution < 1.29 is 4.79 Å². The topological polar surface area (TPSA) is 20.3 Å². The van der Waals surface area contributed by atoms with Crippen molar-refractivity contribution in [2.45, 2.75) is 45.4 Å². The van der Waals surface area contributed by atoms with Crippen molar-refractivity contribution in [2.24, 2.45) is 17.8 Å². The fourth-order valence-electron chi connectivity index (χ4n) is 4.97. The number of carbonyl (C=O) groups is 1. The molecule has 4 rings (SSSR count). The summed E-state index contributed by atoms with van der Waals surface area (Å²) < 4.78 is 0. The van der Waals surface area contributed by atoms with E-state index in [1.54, 1.807) is 6.92 Å². The Kier molecular flexibility index (Phi) is 3.28. The van der Waals surface area contributed by atoms with E-state index in [-0.39, 0.29) is 5.78 Å². The van der Waals surface area contributed by atoms with Crippen LogP contribution in [0.3, 0.4) is 0 Å². The number of ketones is 1. The molecule has 1 aliphatic heterocycles. The van der Waals surface area contributed by atoms with Crippen LogP contribution in [0.2, 0.25) is 0 Å². The Hall–Kier alpha value is -1.31. The van der Waals surface area contributed by atoms with Crippen LogP contribution < -0.4 is 4.90 Å². The second kappa shape index (κ2) is 5.15. The van der Waals surface area contributed by atoms with E-state index in [0.29, 0.717) is 0 Å². The van der Waals surface area contributed by atoms with Crippen LogP contribution in [0, 0.1) is 17.8 Å². The summed E-state index contributed by atoms with van der Waals surface area (Å²) in [7, 11) is 0. The minimum atomic E-state index is 0.183. The molecule has 2 bridgehead atoms. The van der Waals surface area contributed by atoms with E-state index in [1.165, 1.54) is 56.4 Å². The summed E-state index contributed by atoms with van der Waals surface area (Å²) in [5.74, 6) is 3.13. The van der Waals surface area contributed by atoms with E-state index in [9.17, 15) is 4.79 Å². The number of anilines is 1. The number of carbonyl (C=O) groups excluding carboxylic acids is 1. The van der Waals surface area contributed by atoms with Crippen LogP contribution >= 0.6 is 0 Å². The molecule has 2 fully saturated rings. The molecular formula is C19H25NO. The summed E-state index contributed by atoms with van der Waals surface area (Å²) in [6.45, 7) is 4.10. The number of aryl methyl sites for hydroxylation is 1. The molecule has 2 aliphatic carbocycles. The summed E-state index contributed by atoms with van der Waals surface area (Å²) in [6.07, 6.45) is 8.27. The molecule has 2 nitrogen and oxygen atoms in total. The average molecular weight is 283 g/mol. The third-order valence-electron chi connectivity index (χ3n) is 6.04. The van der Waals surface area contributed by atoms with Gasteiger partial charge in [-0.2, -0.15) is 0 Å². The first-order chi connectivity index (χ1) is 10.2. The smallest absolute Gasteiger partial charge is 0.159 e. The lowest BCUT2D eigenvalue weighted by Gasteiger charge is -2.35. The number of hydrogen-bond donors (Lipinski definition) is 0. The van der Waals surface area contributed by atoms with Gasteiger partial charge in [0.05, 0.1) is 0 Å². The Morgan fingerprint density at radius 2 is 2.19 bits per heavy atom. The molecule has 0 spiro atoms. The Labute approximate surface area is 127 Å². The van der Waals surface area contributed by atoms with Crippen molar-refractivity contribution in [2.75, 3.05) is 18.0 Å². The summed E-state index contributed by atoms with van der Waals surface area (Å²) in [5, 5.41) is 0. The zero-order chi connectivity index (χ0) is 14.4. The highest BCUT2D eigenvalue weighted by atomic mass is 16.1. The molecule has 2 saturated carbocycles. The lowest BCUT2D eigenvalue weighted by atomic mass is 9.87. The number of benzene rings is 1. The van der Waals surface area contributed by atoms with E-state index >= 15 is 0 Å². The summed E-state index contributed by atoms with van der Waals surface area (Å²) in [6, 6.07) is 6.34. The molecule has 2 heteroatoms. The molecule has 1 heterocycles. The first-order valence-corrected chi connectivity index (χ1v) is 8.59. The fourth-order valence-corrected chi connectivity index (χ4v) is 4.97. The predicted molar refractivity (Wildman–Crippen MR) is 85.9 cm³/mol. The van der Waals surface area contributed by atoms with Gasteiger partial charge in [0, 0.05) is 24.3 Å². The average Bonchev–Trinajstić information content (AvgIpc) is 3.09. The molecule has 1 aromatic carbocycles. The highest BCUT2D eigenvalue weighted by molar-refractivity contribution is 5.94. The molecule has 0 saturated heterocycles. The third-order valence-corrected chi connectivity index (χ3v) is 6.04. The first kappa shape index (κ1) is 13.4. The van der Waals surface area contributed by atoms with Gasteiger partial charge >= 0.3 is 0 Å². The Morgan fingerprint density at radius 3 is 2.90 bits per heavy atom. The van der Waals surface area contributed by atoms with E-state index in [4.69, 9.17) is 0 Å². The van der Waals surface area contributed by atoms with Gasteiger partial charge in [0.25, 0.3) is 0 Å². The first-order valence-electron chi connectivity index (χ1n) is 8.59. The van der Waals surface area contributed by atoms with Crippen LogP contribution in [0.25, 0.3) is 0 Å². The number of fused-ring (bicyclic) bond motifs is 3. The summed E-state index contributed by atoms with van der Waals surface area (Å²) >= 11 is 0. The van der Waals surface area contributed by atoms with Crippen LogP contribution in [0.1, 0.15) is 54.9 Å². The molecule has 0 radical (unpaired) electrons. The van der Waals surface area contributed by atoms with E-state index in [2.05, 4.69) is 17.0 Å². The predicted octanol–water partition coefficient (Wildman–Crippen LogP) is 4.08. The van der Waals surface area contributed by atoms with E-state index in [1.807, 2.05) is 6.07 Å².